The van der Waals surface area contributed by atoms with Gasteiger partial charge in [0, 0.05) is 16.2 Å². The van der Waals surface area contributed by atoms with Crippen LogP contribution in [0, 0.1) is 0 Å². The van der Waals surface area contributed by atoms with E-state index in [0.29, 0.717) is 15.8 Å². The van der Waals surface area contributed by atoms with Crippen molar-refractivity contribution < 1.29 is 14.6 Å². The molecule has 0 aliphatic heterocycles. The van der Waals surface area contributed by atoms with Crippen molar-refractivity contribution in [2.24, 2.45) is 0 Å². The molecule has 0 saturated heterocycles. The molecule has 19 heavy (non-hydrogen) atoms. The number of benzene rings is 1. The Morgan fingerprint density at radius 3 is 2.42 bits per heavy atom. The van der Waals surface area contributed by atoms with Gasteiger partial charge in [-0.1, -0.05) is 34.8 Å². The van der Waals surface area contributed by atoms with Crippen LogP contribution in [0.2, 0.25) is 15.1 Å². The zero-order chi connectivity index (χ0) is 14.0. The van der Waals surface area contributed by atoms with Gasteiger partial charge in [0.2, 0.25) is 0 Å². The predicted molar refractivity (Wildman–Crippen MR) is 71.3 cm³/mol. The Bertz CT molecular complexity index is 607. The van der Waals surface area contributed by atoms with E-state index < -0.39 is 5.97 Å². The molecule has 0 aliphatic rings. The molecule has 1 aromatic heterocycles. The number of rotatable bonds is 4. The van der Waals surface area contributed by atoms with Gasteiger partial charge >= 0.3 is 5.97 Å². The topological polar surface area (TPSA) is 64.3 Å². The van der Waals surface area contributed by atoms with Gasteiger partial charge in [-0.15, -0.1) is 0 Å². The standard InChI is InChI=1S/C11H7Cl3N2O3/c12-6-1-7(13)3-8(2-6)19-5-16-4-9(14)10(15-16)11(17)18/h1-4H,5H2,(H,17,18). The Kier molecular flexibility index (Phi) is 4.19. The van der Waals surface area contributed by atoms with Crippen LogP contribution >= 0.6 is 34.8 Å². The molecule has 1 N–H and O–H groups in total. The summed E-state index contributed by atoms with van der Waals surface area (Å²) in [6, 6.07) is 4.73. The number of aromatic carboxylic acids is 1. The van der Waals surface area contributed by atoms with Crippen molar-refractivity contribution in [2.45, 2.75) is 6.73 Å². The number of hydrogen-bond donors (Lipinski definition) is 1. The SMILES string of the molecule is O=C(O)c1nn(COc2cc(Cl)cc(Cl)c2)cc1Cl. The van der Waals surface area contributed by atoms with Crippen molar-refractivity contribution in [3.63, 3.8) is 0 Å². The lowest BCUT2D eigenvalue weighted by molar-refractivity contribution is 0.0688. The third-order valence-corrected chi connectivity index (χ3v) is 2.83. The molecule has 0 bridgehead atoms. The molecule has 0 aliphatic carbocycles. The Morgan fingerprint density at radius 1 is 1.26 bits per heavy atom. The van der Waals surface area contributed by atoms with Gasteiger partial charge < -0.3 is 9.84 Å². The summed E-state index contributed by atoms with van der Waals surface area (Å²) in [5.74, 6) is -0.754. The van der Waals surface area contributed by atoms with E-state index in [2.05, 4.69) is 5.10 Å². The molecule has 0 radical (unpaired) electrons. The third kappa shape index (κ3) is 3.53. The number of halogens is 3. The van der Waals surface area contributed by atoms with E-state index in [-0.39, 0.29) is 17.4 Å². The summed E-state index contributed by atoms with van der Waals surface area (Å²) in [7, 11) is 0. The van der Waals surface area contributed by atoms with Gasteiger partial charge in [-0.05, 0) is 18.2 Å². The van der Waals surface area contributed by atoms with Crippen LogP contribution in [0.3, 0.4) is 0 Å². The average molecular weight is 322 g/mol. The van der Waals surface area contributed by atoms with Crippen molar-refractivity contribution >= 4 is 40.8 Å². The first-order chi connectivity index (χ1) is 8.95. The number of aromatic nitrogens is 2. The summed E-state index contributed by atoms with van der Waals surface area (Å²) in [4.78, 5) is 10.8. The monoisotopic (exact) mass is 320 g/mol. The van der Waals surface area contributed by atoms with Gasteiger partial charge in [0.05, 0.1) is 5.02 Å². The Labute approximate surface area is 123 Å². The summed E-state index contributed by atoms with van der Waals surface area (Å²) in [6.45, 7) is -0.0102. The first kappa shape index (κ1) is 14.0. The van der Waals surface area contributed by atoms with Crippen LogP contribution in [0.5, 0.6) is 5.75 Å². The van der Waals surface area contributed by atoms with E-state index in [1.165, 1.54) is 10.9 Å². The molecule has 2 rings (SSSR count). The minimum atomic E-state index is -1.20. The molecule has 0 amide bonds. The summed E-state index contributed by atoms with van der Waals surface area (Å²) in [5, 5.41) is 13.5. The molecule has 1 aromatic carbocycles. The maximum absolute atomic E-state index is 10.8. The van der Waals surface area contributed by atoms with Crippen LogP contribution in [-0.2, 0) is 6.73 Å². The third-order valence-electron chi connectivity index (χ3n) is 2.12. The van der Waals surface area contributed by atoms with Crippen LogP contribution < -0.4 is 4.74 Å². The Hall–Kier alpha value is -1.43. The highest BCUT2D eigenvalue weighted by Gasteiger charge is 2.14. The van der Waals surface area contributed by atoms with Crippen LogP contribution in [0.25, 0.3) is 0 Å². The lowest BCUT2D eigenvalue weighted by Gasteiger charge is -2.06. The highest BCUT2D eigenvalue weighted by molar-refractivity contribution is 6.34. The largest absolute Gasteiger partial charge is 0.476 e. The van der Waals surface area contributed by atoms with Crippen LogP contribution in [-0.4, -0.2) is 20.9 Å². The van der Waals surface area contributed by atoms with E-state index in [0.717, 1.165) is 0 Å². The van der Waals surface area contributed by atoms with Crippen molar-refractivity contribution in [2.75, 3.05) is 0 Å². The molecule has 0 spiro atoms. The number of carboxylic acids is 1. The number of carboxylic acid groups (broad SMARTS) is 1. The van der Waals surface area contributed by atoms with Gasteiger partial charge in [0.25, 0.3) is 0 Å². The Balaban J connectivity index is 2.10. The van der Waals surface area contributed by atoms with E-state index in [1.54, 1.807) is 18.2 Å². The summed E-state index contributed by atoms with van der Waals surface area (Å²) in [6.07, 6.45) is 1.36. The Morgan fingerprint density at radius 2 is 1.89 bits per heavy atom. The molecule has 5 nitrogen and oxygen atoms in total. The molecule has 0 saturated carbocycles. The minimum absolute atomic E-state index is 0.0102. The van der Waals surface area contributed by atoms with Crippen molar-refractivity contribution in [1.82, 2.24) is 9.78 Å². The normalized spacial score (nSPS) is 10.5. The van der Waals surface area contributed by atoms with E-state index in [9.17, 15) is 4.79 Å². The van der Waals surface area contributed by atoms with Gasteiger partial charge in [-0.2, -0.15) is 5.10 Å². The maximum Gasteiger partial charge on any atom is 0.357 e. The fourth-order valence-corrected chi connectivity index (χ4v) is 2.10. The fraction of sp³-hybridized carbons (Fsp3) is 0.0909. The lowest BCUT2D eigenvalue weighted by atomic mass is 10.3. The fourth-order valence-electron chi connectivity index (χ4n) is 1.36. The number of hydrogen-bond acceptors (Lipinski definition) is 3. The average Bonchev–Trinajstić information content (AvgIpc) is 2.67. The maximum atomic E-state index is 10.8. The first-order valence-electron chi connectivity index (χ1n) is 5.01. The van der Waals surface area contributed by atoms with E-state index in [1.807, 2.05) is 0 Å². The van der Waals surface area contributed by atoms with Crippen LogP contribution in [0.15, 0.2) is 24.4 Å². The molecule has 0 atom stereocenters. The minimum Gasteiger partial charge on any atom is -0.476 e. The van der Waals surface area contributed by atoms with E-state index >= 15 is 0 Å². The van der Waals surface area contributed by atoms with Gasteiger partial charge in [0.15, 0.2) is 12.4 Å². The summed E-state index contributed by atoms with van der Waals surface area (Å²) >= 11 is 17.3. The van der Waals surface area contributed by atoms with Gasteiger partial charge in [-0.3, -0.25) is 0 Å². The van der Waals surface area contributed by atoms with Gasteiger partial charge in [-0.25, -0.2) is 9.48 Å². The second-order valence-electron chi connectivity index (χ2n) is 3.55. The molecule has 1 heterocycles. The van der Waals surface area contributed by atoms with Crippen molar-refractivity contribution in [1.29, 1.82) is 0 Å². The zero-order valence-electron chi connectivity index (χ0n) is 9.31. The molecular formula is C11H7Cl3N2O3. The zero-order valence-corrected chi connectivity index (χ0v) is 11.6. The molecule has 100 valence electrons. The first-order valence-corrected chi connectivity index (χ1v) is 6.14. The van der Waals surface area contributed by atoms with E-state index in [4.69, 9.17) is 44.6 Å². The van der Waals surface area contributed by atoms with Gasteiger partial charge in [0.1, 0.15) is 5.75 Å². The number of nitrogens with zero attached hydrogens (tertiary/aromatic N) is 2. The quantitative estimate of drug-likeness (QED) is 0.935. The van der Waals surface area contributed by atoms with Crippen molar-refractivity contribution in [3.8, 4) is 5.75 Å². The van der Waals surface area contributed by atoms with Crippen LogP contribution in [0.4, 0.5) is 0 Å². The number of carbonyl (C=O) groups is 1. The predicted octanol–water partition coefficient (Wildman–Crippen LogP) is 3.58. The highest BCUT2D eigenvalue weighted by Crippen LogP contribution is 2.24. The second kappa shape index (κ2) is 5.69. The molecule has 8 heteroatoms. The van der Waals surface area contributed by atoms with Crippen LogP contribution in [0.1, 0.15) is 10.5 Å². The summed E-state index contributed by atoms with van der Waals surface area (Å²) in [5.41, 5.74) is -0.227. The smallest absolute Gasteiger partial charge is 0.357 e. The molecule has 2 aromatic rings. The van der Waals surface area contributed by atoms with Crippen molar-refractivity contribution in [3.05, 3.63) is 45.2 Å². The number of ether oxygens (including phenoxy) is 1. The lowest BCUT2D eigenvalue weighted by Crippen LogP contribution is -2.07. The summed E-state index contributed by atoms with van der Waals surface area (Å²) < 4.78 is 6.65. The molecule has 0 unspecified atom stereocenters. The highest BCUT2D eigenvalue weighted by atomic mass is 35.5. The molecular weight excluding hydrogens is 314 g/mol. The second-order valence-corrected chi connectivity index (χ2v) is 4.83. The molecule has 0 fully saturated rings.